The summed E-state index contributed by atoms with van der Waals surface area (Å²) >= 11 is 1.21. The molecule has 1 N–H and O–H groups in total. The van der Waals surface area contributed by atoms with Crippen LogP contribution in [0.2, 0.25) is 0 Å². The summed E-state index contributed by atoms with van der Waals surface area (Å²) < 4.78 is 34.9. The van der Waals surface area contributed by atoms with Gasteiger partial charge in [-0.3, -0.25) is 0 Å². The number of sulfonamides is 1. The molecule has 3 aromatic rings. The van der Waals surface area contributed by atoms with E-state index < -0.39 is 16.1 Å². The maximum Gasteiger partial charge on any atom is 0.420 e. The summed E-state index contributed by atoms with van der Waals surface area (Å²) in [7, 11) is -2.94. The molecule has 1 amide bonds. The lowest BCUT2D eigenvalue weighted by Crippen LogP contribution is -2.30. The van der Waals surface area contributed by atoms with Crippen LogP contribution in [0.5, 0.6) is 0 Å². The molecule has 0 spiro atoms. The average Bonchev–Trinajstić information content (AvgIpc) is 3.33. The van der Waals surface area contributed by atoms with E-state index in [1.54, 1.807) is 0 Å². The number of hydrogen-bond acceptors (Lipinski definition) is 6. The van der Waals surface area contributed by atoms with Gasteiger partial charge in [0, 0.05) is 34.3 Å². The molecule has 0 saturated heterocycles. The number of carbonyl (C=O) groups is 1. The molecule has 184 valence electrons. The molecule has 9 heteroatoms. The molecule has 34 heavy (non-hydrogen) atoms. The van der Waals surface area contributed by atoms with Gasteiger partial charge in [0.15, 0.2) is 0 Å². The van der Waals surface area contributed by atoms with Gasteiger partial charge in [-0.1, -0.05) is 58.9 Å². The molecule has 1 aromatic carbocycles. The van der Waals surface area contributed by atoms with E-state index >= 15 is 0 Å². The van der Waals surface area contributed by atoms with Crippen LogP contribution < -0.4 is 4.72 Å². The van der Waals surface area contributed by atoms with Crippen molar-refractivity contribution in [3.05, 3.63) is 58.5 Å². The first-order valence-electron chi connectivity index (χ1n) is 11.2. The molecule has 7 nitrogen and oxygen atoms in total. The van der Waals surface area contributed by atoms with Gasteiger partial charge in [0.25, 0.3) is 10.0 Å². The number of methoxy groups -OCH3 is 1. The van der Waals surface area contributed by atoms with Crippen LogP contribution in [0.3, 0.4) is 0 Å². The SMILES string of the molecule is COC(=O)NS(=O)(=O)c1sc(CC(C)C)c(C)c1-c1ccc(Cn2cncc2C(C)(C)C)cc1. The van der Waals surface area contributed by atoms with Gasteiger partial charge in [-0.25, -0.2) is 22.9 Å². The zero-order chi connectivity index (χ0) is 25.3. The minimum atomic E-state index is -4.08. The highest BCUT2D eigenvalue weighted by Crippen LogP contribution is 2.40. The molecule has 3 rings (SSSR count). The van der Waals surface area contributed by atoms with Crippen molar-refractivity contribution in [2.45, 2.75) is 64.1 Å². The van der Waals surface area contributed by atoms with Gasteiger partial charge in [0.1, 0.15) is 4.21 Å². The van der Waals surface area contributed by atoms with Crippen molar-refractivity contribution in [1.29, 1.82) is 0 Å². The van der Waals surface area contributed by atoms with Crippen LogP contribution in [0.25, 0.3) is 11.1 Å². The Morgan fingerprint density at radius 3 is 2.41 bits per heavy atom. The molecular weight excluding hydrogens is 470 g/mol. The molecule has 0 aliphatic carbocycles. The number of benzene rings is 1. The zero-order valence-corrected chi connectivity index (χ0v) is 22.4. The molecule has 0 saturated carbocycles. The van der Waals surface area contributed by atoms with E-state index in [1.165, 1.54) is 11.3 Å². The lowest BCUT2D eigenvalue weighted by molar-refractivity contribution is 0.177. The maximum atomic E-state index is 13.0. The third-order valence-corrected chi connectivity index (χ3v) is 8.68. The van der Waals surface area contributed by atoms with Crippen LogP contribution in [0.15, 0.2) is 41.0 Å². The number of thiophene rings is 1. The Hall–Kier alpha value is -2.65. The maximum absolute atomic E-state index is 13.0. The van der Waals surface area contributed by atoms with E-state index in [0.717, 1.165) is 40.8 Å². The first kappa shape index (κ1) is 26.0. The second kappa shape index (κ2) is 9.92. The zero-order valence-electron chi connectivity index (χ0n) is 20.8. The highest BCUT2D eigenvalue weighted by molar-refractivity contribution is 7.92. The second-order valence-electron chi connectivity index (χ2n) is 9.86. The van der Waals surface area contributed by atoms with Gasteiger partial charge in [-0.2, -0.15) is 0 Å². The lowest BCUT2D eigenvalue weighted by Gasteiger charge is -2.20. The van der Waals surface area contributed by atoms with Crippen molar-refractivity contribution in [1.82, 2.24) is 14.3 Å². The standard InChI is InChI=1S/C25H33N3O4S2/c1-16(2)12-20-17(3)22(23(33-20)34(30,31)27-24(29)32-7)19-10-8-18(9-11-19)14-28-15-26-13-21(28)25(4,5)6/h8-11,13,15-16H,12,14H2,1-7H3,(H,27,29). The third-order valence-electron chi connectivity index (χ3n) is 5.53. The number of carbonyl (C=O) groups excluding carboxylic acids is 1. The normalized spacial score (nSPS) is 12.2. The Bertz CT molecular complexity index is 1260. The fraction of sp³-hybridized carbons (Fsp3) is 0.440. The van der Waals surface area contributed by atoms with E-state index in [-0.39, 0.29) is 9.62 Å². The number of imidazole rings is 1. The van der Waals surface area contributed by atoms with Crippen LogP contribution in [0.1, 0.15) is 56.3 Å². The Kier molecular flexibility index (Phi) is 7.57. The Balaban J connectivity index is 2.01. The summed E-state index contributed by atoms with van der Waals surface area (Å²) in [6.07, 6.45) is 3.47. The topological polar surface area (TPSA) is 90.3 Å². The lowest BCUT2D eigenvalue weighted by atomic mass is 9.92. The van der Waals surface area contributed by atoms with Gasteiger partial charge < -0.3 is 9.30 Å². The highest BCUT2D eigenvalue weighted by atomic mass is 32.2. The summed E-state index contributed by atoms with van der Waals surface area (Å²) in [6.45, 7) is 13.3. The minimum Gasteiger partial charge on any atom is -0.452 e. The number of amides is 1. The Morgan fingerprint density at radius 2 is 1.85 bits per heavy atom. The van der Waals surface area contributed by atoms with Gasteiger partial charge in [0.05, 0.1) is 13.4 Å². The van der Waals surface area contributed by atoms with Crippen LogP contribution in [0.4, 0.5) is 4.79 Å². The van der Waals surface area contributed by atoms with Crippen LogP contribution in [-0.4, -0.2) is 31.2 Å². The van der Waals surface area contributed by atoms with E-state index in [4.69, 9.17) is 0 Å². The Morgan fingerprint density at radius 1 is 1.21 bits per heavy atom. The first-order valence-corrected chi connectivity index (χ1v) is 13.5. The fourth-order valence-corrected chi connectivity index (χ4v) is 6.93. The second-order valence-corrected chi connectivity index (χ2v) is 12.8. The summed E-state index contributed by atoms with van der Waals surface area (Å²) in [5.74, 6) is 0.365. The van der Waals surface area contributed by atoms with E-state index in [9.17, 15) is 13.2 Å². The average molecular weight is 504 g/mol. The highest BCUT2D eigenvalue weighted by Gasteiger charge is 2.28. The van der Waals surface area contributed by atoms with Crippen molar-refractivity contribution in [2.24, 2.45) is 5.92 Å². The summed E-state index contributed by atoms with van der Waals surface area (Å²) in [5, 5.41) is 0. The predicted octanol–water partition coefficient (Wildman–Crippen LogP) is 5.51. The van der Waals surface area contributed by atoms with Crippen LogP contribution >= 0.6 is 11.3 Å². The third kappa shape index (κ3) is 5.70. The molecule has 0 aliphatic rings. The molecule has 0 atom stereocenters. The molecular formula is C25H33N3O4S2. The Labute approximate surface area is 206 Å². The first-order chi connectivity index (χ1) is 15.8. The molecule has 0 fully saturated rings. The molecule has 0 aliphatic heterocycles. The monoisotopic (exact) mass is 503 g/mol. The van der Waals surface area contributed by atoms with Gasteiger partial charge in [0.2, 0.25) is 0 Å². The predicted molar refractivity (Wildman–Crippen MR) is 136 cm³/mol. The molecule has 0 radical (unpaired) electrons. The molecule has 0 bridgehead atoms. The number of hydrogen-bond donors (Lipinski definition) is 1. The van der Waals surface area contributed by atoms with Crippen molar-refractivity contribution in [3.63, 3.8) is 0 Å². The van der Waals surface area contributed by atoms with Crippen LogP contribution in [0, 0.1) is 12.8 Å². The number of nitrogens with zero attached hydrogens (tertiary/aromatic N) is 2. The van der Waals surface area contributed by atoms with Crippen molar-refractivity contribution in [2.75, 3.05) is 7.11 Å². The quantitative estimate of drug-likeness (QED) is 0.459. The molecule has 2 heterocycles. The summed E-state index contributed by atoms with van der Waals surface area (Å²) in [5.41, 5.74) is 4.54. The van der Waals surface area contributed by atoms with Gasteiger partial charge in [-0.15, -0.1) is 11.3 Å². The fourth-order valence-electron chi connectivity index (χ4n) is 3.86. The van der Waals surface area contributed by atoms with Crippen molar-refractivity contribution >= 4 is 27.5 Å². The number of nitrogens with one attached hydrogen (secondary N) is 1. The minimum absolute atomic E-state index is 0.0209. The van der Waals surface area contributed by atoms with E-state index in [1.807, 2.05) is 48.4 Å². The van der Waals surface area contributed by atoms with Crippen molar-refractivity contribution in [3.8, 4) is 11.1 Å². The van der Waals surface area contributed by atoms with Gasteiger partial charge >= 0.3 is 6.09 Å². The summed E-state index contributed by atoms with van der Waals surface area (Å²) in [4.78, 5) is 17.0. The van der Waals surface area contributed by atoms with Crippen LogP contribution in [-0.2, 0) is 33.1 Å². The summed E-state index contributed by atoms with van der Waals surface area (Å²) in [6, 6.07) is 7.89. The number of rotatable bonds is 7. The van der Waals surface area contributed by atoms with E-state index in [0.29, 0.717) is 18.0 Å². The smallest absolute Gasteiger partial charge is 0.420 e. The molecule has 0 unspecified atom stereocenters. The van der Waals surface area contributed by atoms with Gasteiger partial charge in [-0.05, 0) is 36.0 Å². The number of aromatic nitrogens is 2. The van der Waals surface area contributed by atoms with E-state index in [2.05, 4.69) is 48.9 Å². The largest absolute Gasteiger partial charge is 0.452 e. The number of ether oxygens (including phenoxy) is 1. The molecule has 2 aromatic heterocycles. The van der Waals surface area contributed by atoms with Crippen molar-refractivity contribution < 1.29 is 17.9 Å².